The van der Waals surface area contributed by atoms with Gasteiger partial charge in [-0.05, 0) is 30.9 Å². The molecule has 3 amide bonds. The van der Waals surface area contributed by atoms with E-state index >= 15 is 0 Å². The molecule has 8 nitrogen and oxygen atoms in total. The molecular formula is C29H37N3O5. The number of aliphatic hydroxyl groups is 1. The van der Waals surface area contributed by atoms with Crippen LogP contribution in [-0.2, 0) is 19.1 Å². The maximum absolute atomic E-state index is 14.6. The van der Waals surface area contributed by atoms with Crippen LogP contribution < -0.4 is 4.90 Å². The van der Waals surface area contributed by atoms with E-state index in [2.05, 4.69) is 0 Å². The molecule has 0 radical (unpaired) electrons. The van der Waals surface area contributed by atoms with E-state index < -0.39 is 35.6 Å². The molecule has 0 bridgehead atoms. The average Bonchev–Trinajstić information content (AvgIpc) is 3.20. The minimum Gasteiger partial charge on any atom is -0.394 e. The Balaban J connectivity index is 1.69. The molecule has 4 aliphatic rings. The molecule has 37 heavy (non-hydrogen) atoms. The Labute approximate surface area is 218 Å². The van der Waals surface area contributed by atoms with Crippen molar-refractivity contribution in [3.63, 3.8) is 0 Å². The molecule has 0 saturated carbocycles. The molecule has 1 aromatic rings. The molecule has 2 saturated heterocycles. The largest absolute Gasteiger partial charge is 0.394 e. The predicted octanol–water partition coefficient (Wildman–Crippen LogP) is 2.22. The van der Waals surface area contributed by atoms with E-state index in [1.165, 1.54) is 0 Å². The van der Waals surface area contributed by atoms with Gasteiger partial charge in [0, 0.05) is 25.8 Å². The van der Waals surface area contributed by atoms with Gasteiger partial charge in [0.1, 0.15) is 11.6 Å². The summed E-state index contributed by atoms with van der Waals surface area (Å²) in [4.78, 5) is 47.4. The first kappa shape index (κ1) is 25.7. The highest BCUT2D eigenvalue weighted by molar-refractivity contribution is 6.06. The molecule has 1 N–H and O–H groups in total. The summed E-state index contributed by atoms with van der Waals surface area (Å²) in [5, 5.41) is 10.5. The van der Waals surface area contributed by atoms with E-state index in [1.807, 2.05) is 70.2 Å². The average molecular weight is 508 g/mol. The van der Waals surface area contributed by atoms with Crippen LogP contribution in [0.3, 0.4) is 0 Å². The minimum absolute atomic E-state index is 0.0540. The third-order valence-electron chi connectivity index (χ3n) is 8.85. The number of fused-ring (bicyclic) bond motifs is 2. The van der Waals surface area contributed by atoms with Crippen LogP contribution >= 0.6 is 0 Å². The van der Waals surface area contributed by atoms with Gasteiger partial charge < -0.3 is 24.5 Å². The second kappa shape index (κ2) is 9.40. The summed E-state index contributed by atoms with van der Waals surface area (Å²) in [6.07, 6.45) is 7.62. The first-order valence-corrected chi connectivity index (χ1v) is 13.3. The number of likely N-dealkylation sites (N-methyl/N-ethyl adjacent to an activating group) is 1. The van der Waals surface area contributed by atoms with Crippen LogP contribution in [0, 0.1) is 31.6 Å². The van der Waals surface area contributed by atoms with Crippen LogP contribution in [0.25, 0.3) is 0 Å². The van der Waals surface area contributed by atoms with Crippen molar-refractivity contribution in [1.29, 1.82) is 0 Å². The van der Waals surface area contributed by atoms with Crippen LogP contribution in [0.4, 0.5) is 5.69 Å². The number of rotatable bonds is 5. The predicted molar refractivity (Wildman–Crippen MR) is 140 cm³/mol. The third-order valence-corrected chi connectivity index (χ3v) is 8.85. The molecule has 7 atom stereocenters. The number of benzene rings is 1. The van der Waals surface area contributed by atoms with Crippen molar-refractivity contribution in [1.82, 2.24) is 9.80 Å². The SMILES string of the molecule is CC[C@H](C)[C@H](CO)N1C(=O)[C@@H]2[C@H]3C(=O)N(C)CC=C[C@H]3O[C@@]23C=CCN(c2c(C)cccc2C)C(=O)C13. The Hall–Kier alpha value is -2.97. The van der Waals surface area contributed by atoms with Crippen molar-refractivity contribution in [2.45, 2.75) is 57.9 Å². The van der Waals surface area contributed by atoms with Gasteiger partial charge in [-0.15, -0.1) is 0 Å². The molecule has 4 aliphatic heterocycles. The Morgan fingerprint density at radius 1 is 1.08 bits per heavy atom. The number of amides is 3. The number of carbonyl (C=O) groups excluding carboxylic acids is 3. The normalized spacial score (nSPS) is 32.7. The number of hydrogen-bond acceptors (Lipinski definition) is 5. The van der Waals surface area contributed by atoms with Crippen LogP contribution in [0.15, 0.2) is 42.5 Å². The zero-order valence-corrected chi connectivity index (χ0v) is 22.3. The lowest BCUT2D eigenvalue weighted by Gasteiger charge is -2.40. The highest BCUT2D eigenvalue weighted by Crippen LogP contribution is 2.54. The summed E-state index contributed by atoms with van der Waals surface area (Å²) in [6, 6.07) is 4.34. The fraction of sp³-hybridized carbons (Fsp3) is 0.552. The van der Waals surface area contributed by atoms with E-state index in [9.17, 15) is 19.5 Å². The number of nitrogens with zero attached hydrogens (tertiary/aromatic N) is 3. The van der Waals surface area contributed by atoms with E-state index in [1.54, 1.807) is 21.7 Å². The lowest BCUT2D eigenvalue weighted by Crippen LogP contribution is -2.59. The Morgan fingerprint density at radius 3 is 2.43 bits per heavy atom. The van der Waals surface area contributed by atoms with Gasteiger partial charge in [-0.2, -0.15) is 0 Å². The zero-order chi connectivity index (χ0) is 26.6. The monoisotopic (exact) mass is 507 g/mol. The van der Waals surface area contributed by atoms with Crippen molar-refractivity contribution in [2.24, 2.45) is 17.8 Å². The molecule has 4 heterocycles. The van der Waals surface area contributed by atoms with Crippen molar-refractivity contribution in [3.8, 4) is 0 Å². The topological polar surface area (TPSA) is 90.4 Å². The number of likely N-dealkylation sites (tertiary alicyclic amines) is 1. The first-order chi connectivity index (χ1) is 17.7. The summed E-state index contributed by atoms with van der Waals surface area (Å²) >= 11 is 0. The van der Waals surface area contributed by atoms with Gasteiger partial charge in [-0.25, -0.2) is 0 Å². The third kappa shape index (κ3) is 3.67. The van der Waals surface area contributed by atoms with E-state index in [-0.39, 0.29) is 30.2 Å². The minimum atomic E-state index is -1.30. The van der Waals surface area contributed by atoms with Gasteiger partial charge in [0.05, 0.1) is 30.6 Å². The lowest BCUT2D eigenvalue weighted by molar-refractivity contribution is -0.147. The van der Waals surface area contributed by atoms with Crippen LogP contribution in [-0.4, -0.2) is 83.2 Å². The van der Waals surface area contributed by atoms with Crippen molar-refractivity contribution in [2.75, 3.05) is 31.6 Å². The van der Waals surface area contributed by atoms with Gasteiger partial charge >= 0.3 is 0 Å². The fourth-order valence-corrected chi connectivity index (χ4v) is 6.81. The highest BCUT2D eigenvalue weighted by atomic mass is 16.5. The summed E-state index contributed by atoms with van der Waals surface area (Å²) in [7, 11) is 1.72. The van der Waals surface area contributed by atoms with Gasteiger partial charge in [0.15, 0.2) is 0 Å². The number of para-hydroxylation sites is 1. The van der Waals surface area contributed by atoms with Crippen molar-refractivity contribution in [3.05, 3.63) is 53.6 Å². The zero-order valence-electron chi connectivity index (χ0n) is 22.3. The number of ether oxygens (including phenoxy) is 1. The second-order valence-corrected chi connectivity index (χ2v) is 11.0. The van der Waals surface area contributed by atoms with Gasteiger partial charge in [-0.3, -0.25) is 14.4 Å². The Kier molecular flexibility index (Phi) is 6.52. The molecule has 0 aliphatic carbocycles. The lowest BCUT2D eigenvalue weighted by atomic mass is 9.77. The molecule has 5 rings (SSSR count). The summed E-state index contributed by atoms with van der Waals surface area (Å²) in [6.45, 7) is 8.42. The Bertz CT molecular complexity index is 1160. The maximum Gasteiger partial charge on any atom is 0.253 e. The second-order valence-electron chi connectivity index (χ2n) is 11.0. The van der Waals surface area contributed by atoms with Crippen LogP contribution in [0.2, 0.25) is 0 Å². The molecule has 198 valence electrons. The molecule has 1 aromatic carbocycles. The van der Waals surface area contributed by atoms with E-state index in [0.29, 0.717) is 13.1 Å². The maximum atomic E-state index is 14.6. The molecule has 1 unspecified atom stereocenters. The number of carbonyl (C=O) groups is 3. The number of aryl methyl sites for hydroxylation is 2. The standard InChI is InChI=1S/C29H37N3O5/c1-6-17(2)20(16-33)32-25-28(36)31(24-18(3)10-7-11-19(24)4)15-9-13-29(25)23(27(32)35)22-21(37-29)12-8-14-30(5)26(22)34/h7-13,17,20-23,25,33H,6,14-16H2,1-5H3/t17-,20-,21+,22-,23-,25?,29-/m0/s1. The Morgan fingerprint density at radius 2 is 1.78 bits per heavy atom. The first-order valence-electron chi connectivity index (χ1n) is 13.3. The number of aliphatic hydroxyl groups excluding tert-OH is 1. The van der Waals surface area contributed by atoms with Crippen LogP contribution in [0.1, 0.15) is 31.4 Å². The number of anilines is 1. The smallest absolute Gasteiger partial charge is 0.253 e. The molecular weight excluding hydrogens is 470 g/mol. The summed E-state index contributed by atoms with van der Waals surface area (Å²) in [5.74, 6) is -2.34. The van der Waals surface area contributed by atoms with Gasteiger partial charge in [0.25, 0.3) is 5.91 Å². The highest BCUT2D eigenvalue weighted by Gasteiger charge is 2.72. The van der Waals surface area contributed by atoms with Crippen molar-refractivity contribution >= 4 is 23.4 Å². The molecule has 8 heteroatoms. The molecule has 2 fully saturated rings. The van der Waals surface area contributed by atoms with Crippen LogP contribution in [0.5, 0.6) is 0 Å². The van der Waals surface area contributed by atoms with Crippen molar-refractivity contribution < 1.29 is 24.2 Å². The molecule has 0 aromatic heterocycles. The van der Waals surface area contributed by atoms with E-state index in [4.69, 9.17) is 4.74 Å². The van der Waals surface area contributed by atoms with Gasteiger partial charge in [0.2, 0.25) is 11.8 Å². The summed E-state index contributed by atoms with van der Waals surface area (Å²) in [5.41, 5.74) is 1.44. The molecule has 1 spiro atoms. The van der Waals surface area contributed by atoms with E-state index in [0.717, 1.165) is 23.2 Å². The summed E-state index contributed by atoms with van der Waals surface area (Å²) < 4.78 is 6.67. The number of hydrogen-bond donors (Lipinski definition) is 1. The quantitative estimate of drug-likeness (QED) is 0.618. The van der Waals surface area contributed by atoms with Gasteiger partial charge in [-0.1, -0.05) is 62.8 Å². The fourth-order valence-electron chi connectivity index (χ4n) is 6.81.